The molecule has 0 spiro atoms. The van der Waals surface area contributed by atoms with E-state index in [1.807, 2.05) is 11.9 Å². The Morgan fingerprint density at radius 1 is 1.65 bits per heavy atom. The third-order valence-corrected chi connectivity index (χ3v) is 3.43. The highest BCUT2D eigenvalue weighted by molar-refractivity contribution is 5.99. The zero-order valence-electron chi connectivity index (χ0n) is 10.4. The summed E-state index contributed by atoms with van der Waals surface area (Å²) in [5.74, 6) is 0.126. The van der Waals surface area contributed by atoms with E-state index in [0.29, 0.717) is 6.04 Å². The lowest BCUT2D eigenvalue weighted by Gasteiger charge is -2.24. The Morgan fingerprint density at radius 2 is 2.47 bits per heavy atom. The molecular weight excluding hydrogens is 214 g/mol. The zero-order chi connectivity index (χ0) is 12.3. The largest absolute Gasteiger partial charge is 0.386 e. The standard InChI is InChI=1S/C13H19N3O/c1-3-10-5-4-8-16(10)13(17)11-6-7-15-9-12(11)14-2/h6-7,9-10,14H,3-5,8H2,1-2H3. The van der Waals surface area contributed by atoms with Crippen LogP contribution in [0, 0.1) is 0 Å². The van der Waals surface area contributed by atoms with Crippen LogP contribution in [0.5, 0.6) is 0 Å². The molecule has 2 rings (SSSR count). The number of anilines is 1. The summed E-state index contributed by atoms with van der Waals surface area (Å²) in [5, 5.41) is 3.02. The SMILES string of the molecule is CCC1CCCN1C(=O)c1ccncc1NC. The average Bonchev–Trinajstić information content (AvgIpc) is 2.86. The lowest BCUT2D eigenvalue weighted by Crippen LogP contribution is -2.35. The molecule has 1 fully saturated rings. The number of nitrogens with zero attached hydrogens (tertiary/aromatic N) is 2. The minimum Gasteiger partial charge on any atom is -0.386 e. The summed E-state index contributed by atoms with van der Waals surface area (Å²) >= 11 is 0. The van der Waals surface area contributed by atoms with Crippen molar-refractivity contribution in [3.05, 3.63) is 24.0 Å². The minimum atomic E-state index is 0.126. The van der Waals surface area contributed by atoms with Crippen LogP contribution in [0.2, 0.25) is 0 Å². The van der Waals surface area contributed by atoms with Crippen molar-refractivity contribution >= 4 is 11.6 Å². The lowest BCUT2D eigenvalue weighted by atomic mass is 10.1. The predicted molar refractivity (Wildman–Crippen MR) is 68.1 cm³/mol. The van der Waals surface area contributed by atoms with Gasteiger partial charge in [-0.25, -0.2) is 0 Å². The molecule has 1 aliphatic rings. The summed E-state index contributed by atoms with van der Waals surface area (Å²) in [7, 11) is 1.81. The molecule has 4 nitrogen and oxygen atoms in total. The molecule has 1 aromatic rings. The maximum atomic E-state index is 12.5. The van der Waals surface area contributed by atoms with Crippen molar-refractivity contribution in [1.29, 1.82) is 0 Å². The first-order valence-electron chi connectivity index (χ1n) is 6.20. The number of carbonyl (C=O) groups excluding carboxylic acids is 1. The van der Waals surface area contributed by atoms with E-state index in [2.05, 4.69) is 17.2 Å². The molecule has 1 atom stereocenters. The first kappa shape index (κ1) is 11.9. The van der Waals surface area contributed by atoms with Crippen LogP contribution in [-0.2, 0) is 0 Å². The first-order chi connectivity index (χ1) is 8.27. The van der Waals surface area contributed by atoms with E-state index in [4.69, 9.17) is 0 Å². The van der Waals surface area contributed by atoms with Crippen molar-refractivity contribution in [2.45, 2.75) is 32.2 Å². The third-order valence-electron chi connectivity index (χ3n) is 3.43. The van der Waals surface area contributed by atoms with Gasteiger partial charge >= 0.3 is 0 Å². The number of aromatic nitrogens is 1. The van der Waals surface area contributed by atoms with Gasteiger partial charge in [0.1, 0.15) is 0 Å². The van der Waals surface area contributed by atoms with Crippen LogP contribution in [0.4, 0.5) is 5.69 Å². The summed E-state index contributed by atoms with van der Waals surface area (Å²) in [6.45, 7) is 3.02. The molecule has 1 aromatic heterocycles. The molecule has 2 heterocycles. The molecule has 0 radical (unpaired) electrons. The summed E-state index contributed by atoms with van der Waals surface area (Å²) < 4.78 is 0. The van der Waals surface area contributed by atoms with Gasteiger partial charge in [0.2, 0.25) is 0 Å². The second-order valence-corrected chi connectivity index (χ2v) is 4.37. The summed E-state index contributed by atoms with van der Waals surface area (Å²) in [4.78, 5) is 18.5. The Kier molecular flexibility index (Phi) is 3.61. The first-order valence-corrected chi connectivity index (χ1v) is 6.20. The normalized spacial score (nSPS) is 19.4. The second-order valence-electron chi connectivity index (χ2n) is 4.37. The minimum absolute atomic E-state index is 0.126. The van der Waals surface area contributed by atoms with E-state index >= 15 is 0 Å². The number of likely N-dealkylation sites (tertiary alicyclic amines) is 1. The molecule has 1 unspecified atom stereocenters. The van der Waals surface area contributed by atoms with Gasteiger partial charge in [-0.1, -0.05) is 6.92 Å². The molecule has 0 aliphatic carbocycles. The number of carbonyl (C=O) groups is 1. The van der Waals surface area contributed by atoms with Crippen molar-refractivity contribution in [2.24, 2.45) is 0 Å². The van der Waals surface area contributed by atoms with Gasteiger partial charge < -0.3 is 10.2 Å². The van der Waals surface area contributed by atoms with Crippen LogP contribution in [0.25, 0.3) is 0 Å². The van der Waals surface area contributed by atoms with E-state index < -0.39 is 0 Å². The summed E-state index contributed by atoms with van der Waals surface area (Å²) in [6.07, 6.45) is 6.65. The van der Waals surface area contributed by atoms with Crippen molar-refractivity contribution < 1.29 is 4.79 Å². The Hall–Kier alpha value is -1.58. The van der Waals surface area contributed by atoms with Crippen molar-refractivity contribution in [2.75, 3.05) is 18.9 Å². The van der Waals surface area contributed by atoms with Crippen LogP contribution in [0.15, 0.2) is 18.5 Å². The topological polar surface area (TPSA) is 45.2 Å². The number of amides is 1. The quantitative estimate of drug-likeness (QED) is 0.870. The molecule has 1 aliphatic heterocycles. The molecular formula is C13H19N3O. The fourth-order valence-electron chi connectivity index (χ4n) is 2.46. The van der Waals surface area contributed by atoms with E-state index in [9.17, 15) is 4.79 Å². The van der Waals surface area contributed by atoms with Crippen LogP contribution < -0.4 is 5.32 Å². The van der Waals surface area contributed by atoms with Crippen LogP contribution in [0.1, 0.15) is 36.5 Å². The highest BCUT2D eigenvalue weighted by Gasteiger charge is 2.28. The van der Waals surface area contributed by atoms with Gasteiger partial charge in [0.25, 0.3) is 5.91 Å². The van der Waals surface area contributed by atoms with Crippen molar-refractivity contribution in [3.63, 3.8) is 0 Å². The second kappa shape index (κ2) is 5.17. The molecule has 0 saturated carbocycles. The Labute approximate surface area is 102 Å². The Balaban J connectivity index is 2.24. The third kappa shape index (κ3) is 2.25. The van der Waals surface area contributed by atoms with Crippen LogP contribution in [0.3, 0.4) is 0 Å². The molecule has 1 N–H and O–H groups in total. The van der Waals surface area contributed by atoms with E-state index in [-0.39, 0.29) is 5.91 Å². The van der Waals surface area contributed by atoms with Gasteiger partial charge in [0.05, 0.1) is 17.4 Å². The van der Waals surface area contributed by atoms with Gasteiger partial charge in [-0.05, 0) is 25.3 Å². The van der Waals surface area contributed by atoms with Gasteiger partial charge in [-0.2, -0.15) is 0 Å². The fraction of sp³-hybridized carbons (Fsp3) is 0.538. The van der Waals surface area contributed by atoms with Crippen molar-refractivity contribution in [3.8, 4) is 0 Å². The molecule has 17 heavy (non-hydrogen) atoms. The van der Waals surface area contributed by atoms with E-state index in [1.165, 1.54) is 0 Å². The molecule has 0 bridgehead atoms. The smallest absolute Gasteiger partial charge is 0.256 e. The number of pyridine rings is 1. The lowest BCUT2D eigenvalue weighted by molar-refractivity contribution is 0.0734. The summed E-state index contributed by atoms with van der Waals surface area (Å²) in [5.41, 5.74) is 1.53. The maximum Gasteiger partial charge on any atom is 0.256 e. The molecule has 1 amide bonds. The number of nitrogens with one attached hydrogen (secondary N) is 1. The van der Waals surface area contributed by atoms with Gasteiger partial charge in [0, 0.05) is 25.8 Å². The highest BCUT2D eigenvalue weighted by atomic mass is 16.2. The number of hydrogen-bond donors (Lipinski definition) is 1. The Morgan fingerprint density at radius 3 is 3.18 bits per heavy atom. The van der Waals surface area contributed by atoms with Crippen LogP contribution >= 0.6 is 0 Å². The number of hydrogen-bond acceptors (Lipinski definition) is 3. The maximum absolute atomic E-state index is 12.5. The van der Waals surface area contributed by atoms with Crippen molar-refractivity contribution in [1.82, 2.24) is 9.88 Å². The highest BCUT2D eigenvalue weighted by Crippen LogP contribution is 2.24. The monoisotopic (exact) mass is 233 g/mol. The molecule has 92 valence electrons. The average molecular weight is 233 g/mol. The van der Waals surface area contributed by atoms with E-state index in [0.717, 1.165) is 37.1 Å². The molecule has 4 heteroatoms. The predicted octanol–water partition coefficient (Wildman–Crippen LogP) is 2.14. The number of rotatable bonds is 3. The van der Waals surface area contributed by atoms with Gasteiger partial charge in [-0.15, -0.1) is 0 Å². The van der Waals surface area contributed by atoms with Gasteiger partial charge in [0.15, 0.2) is 0 Å². The van der Waals surface area contributed by atoms with Crippen LogP contribution in [-0.4, -0.2) is 35.4 Å². The zero-order valence-corrected chi connectivity index (χ0v) is 10.4. The summed E-state index contributed by atoms with van der Waals surface area (Å²) in [6, 6.07) is 2.19. The molecule has 0 aromatic carbocycles. The van der Waals surface area contributed by atoms with Gasteiger partial charge in [-0.3, -0.25) is 9.78 Å². The Bertz CT molecular complexity index is 405. The molecule has 1 saturated heterocycles. The fourth-order valence-corrected chi connectivity index (χ4v) is 2.46. The van der Waals surface area contributed by atoms with E-state index in [1.54, 1.807) is 18.5 Å².